The summed E-state index contributed by atoms with van der Waals surface area (Å²) in [7, 11) is 0. The molecule has 1 amide bonds. The maximum Gasteiger partial charge on any atom is 0.310 e. The van der Waals surface area contributed by atoms with E-state index in [-0.39, 0.29) is 25.5 Å². The van der Waals surface area contributed by atoms with Gasteiger partial charge in [0.15, 0.2) is 0 Å². The molecular formula is C13H13N3O3. The lowest BCUT2D eigenvalue weighted by atomic mass is 10.1. The van der Waals surface area contributed by atoms with E-state index in [1.165, 1.54) is 0 Å². The molecule has 0 radical (unpaired) electrons. The Kier molecular flexibility index (Phi) is 3.66. The van der Waals surface area contributed by atoms with Crippen molar-refractivity contribution in [3.63, 3.8) is 0 Å². The third-order valence-electron chi connectivity index (χ3n) is 3.04. The number of hydrogen-bond acceptors (Lipinski definition) is 4. The zero-order valence-corrected chi connectivity index (χ0v) is 10.2. The van der Waals surface area contributed by atoms with Crippen LogP contribution in [0.25, 0.3) is 0 Å². The minimum atomic E-state index is -0.957. The number of amides is 1. The first kappa shape index (κ1) is 12.9. The van der Waals surface area contributed by atoms with Gasteiger partial charge in [-0.1, -0.05) is 12.1 Å². The quantitative estimate of drug-likeness (QED) is 0.791. The maximum atomic E-state index is 11.6. The van der Waals surface area contributed by atoms with Gasteiger partial charge >= 0.3 is 5.97 Å². The number of aliphatic carboxylic acids is 1. The van der Waals surface area contributed by atoms with E-state index in [0.29, 0.717) is 11.3 Å². The summed E-state index contributed by atoms with van der Waals surface area (Å²) in [4.78, 5) is 24.3. The van der Waals surface area contributed by atoms with Crippen molar-refractivity contribution < 1.29 is 14.7 Å². The molecule has 1 saturated heterocycles. The van der Waals surface area contributed by atoms with E-state index >= 15 is 0 Å². The summed E-state index contributed by atoms with van der Waals surface area (Å²) in [5.41, 5.74) is 1.02. The number of anilines is 1. The van der Waals surface area contributed by atoms with E-state index in [1.54, 1.807) is 29.2 Å². The molecule has 1 atom stereocenters. The summed E-state index contributed by atoms with van der Waals surface area (Å²) in [6.07, 6.45) is 0. The molecule has 0 aliphatic carbocycles. The molecule has 1 aliphatic heterocycles. The highest BCUT2D eigenvalue weighted by molar-refractivity contribution is 5.84. The van der Waals surface area contributed by atoms with Gasteiger partial charge in [0, 0.05) is 13.1 Å². The van der Waals surface area contributed by atoms with Crippen molar-refractivity contribution in [2.75, 3.05) is 24.5 Å². The molecule has 1 aliphatic rings. The Morgan fingerprint density at radius 2 is 2.21 bits per heavy atom. The summed E-state index contributed by atoms with van der Waals surface area (Å²) in [6.45, 7) is 0.370. The van der Waals surface area contributed by atoms with Crippen molar-refractivity contribution in [2.45, 2.75) is 0 Å². The normalized spacial score (nSPS) is 19.2. The van der Waals surface area contributed by atoms with Crippen LogP contribution in [0, 0.1) is 17.2 Å². The van der Waals surface area contributed by atoms with Crippen LogP contribution in [-0.4, -0.2) is 36.6 Å². The van der Waals surface area contributed by atoms with Crippen molar-refractivity contribution in [3.05, 3.63) is 29.8 Å². The molecule has 6 nitrogen and oxygen atoms in total. The first-order valence-electron chi connectivity index (χ1n) is 5.85. The topological polar surface area (TPSA) is 93.4 Å². The molecule has 1 fully saturated rings. The Hall–Kier alpha value is -2.55. The second-order valence-electron chi connectivity index (χ2n) is 4.35. The molecule has 0 bridgehead atoms. The Morgan fingerprint density at radius 3 is 2.89 bits per heavy atom. The zero-order valence-electron chi connectivity index (χ0n) is 10.2. The third-order valence-corrected chi connectivity index (χ3v) is 3.04. The number of carbonyl (C=O) groups excluding carboxylic acids is 1. The van der Waals surface area contributed by atoms with Crippen LogP contribution in [0.15, 0.2) is 24.3 Å². The number of para-hydroxylation sites is 1. The van der Waals surface area contributed by atoms with Crippen LogP contribution in [0.1, 0.15) is 5.56 Å². The lowest BCUT2D eigenvalue weighted by molar-refractivity contribution is -0.141. The number of hydrogen-bond donors (Lipinski definition) is 2. The molecule has 6 heteroatoms. The molecular weight excluding hydrogens is 246 g/mol. The van der Waals surface area contributed by atoms with Gasteiger partial charge in [-0.05, 0) is 12.1 Å². The molecule has 1 unspecified atom stereocenters. The number of carbonyl (C=O) groups is 2. The predicted octanol–water partition coefficient (Wildman–Crippen LogP) is 0.195. The number of nitrogens with zero attached hydrogens (tertiary/aromatic N) is 2. The van der Waals surface area contributed by atoms with Gasteiger partial charge < -0.3 is 15.3 Å². The molecule has 0 spiro atoms. The molecule has 1 heterocycles. The number of rotatable bonds is 2. The van der Waals surface area contributed by atoms with Gasteiger partial charge in [-0.25, -0.2) is 0 Å². The number of carboxylic acid groups (broad SMARTS) is 1. The van der Waals surface area contributed by atoms with E-state index in [1.807, 2.05) is 0 Å². The van der Waals surface area contributed by atoms with E-state index in [2.05, 4.69) is 11.4 Å². The van der Waals surface area contributed by atoms with Crippen LogP contribution in [0.4, 0.5) is 5.69 Å². The number of nitrogens with one attached hydrogen (secondary N) is 1. The van der Waals surface area contributed by atoms with Crippen LogP contribution in [0.2, 0.25) is 0 Å². The molecule has 98 valence electrons. The lowest BCUT2D eigenvalue weighted by Gasteiger charge is -2.24. The van der Waals surface area contributed by atoms with Crippen molar-refractivity contribution in [2.24, 2.45) is 5.92 Å². The van der Waals surface area contributed by atoms with Gasteiger partial charge in [0.1, 0.15) is 6.07 Å². The Balaban J connectivity index is 2.33. The van der Waals surface area contributed by atoms with Crippen molar-refractivity contribution in [3.8, 4) is 6.07 Å². The van der Waals surface area contributed by atoms with Gasteiger partial charge in [0.2, 0.25) is 5.91 Å². The average molecular weight is 259 g/mol. The van der Waals surface area contributed by atoms with Crippen molar-refractivity contribution >= 4 is 17.6 Å². The second kappa shape index (κ2) is 5.40. The number of carboxylic acids is 1. The second-order valence-corrected chi connectivity index (χ2v) is 4.35. The highest BCUT2D eigenvalue weighted by Crippen LogP contribution is 2.21. The maximum absolute atomic E-state index is 11.6. The van der Waals surface area contributed by atoms with Gasteiger partial charge in [0.25, 0.3) is 0 Å². The van der Waals surface area contributed by atoms with Crippen molar-refractivity contribution in [1.29, 1.82) is 5.26 Å². The fourth-order valence-electron chi connectivity index (χ4n) is 2.05. The molecule has 2 N–H and O–H groups in total. The van der Waals surface area contributed by atoms with E-state index in [4.69, 9.17) is 10.4 Å². The van der Waals surface area contributed by atoms with Gasteiger partial charge in [0.05, 0.1) is 23.7 Å². The monoisotopic (exact) mass is 259 g/mol. The van der Waals surface area contributed by atoms with Gasteiger partial charge in [-0.2, -0.15) is 5.26 Å². The van der Waals surface area contributed by atoms with Crippen LogP contribution in [0.5, 0.6) is 0 Å². The van der Waals surface area contributed by atoms with Gasteiger partial charge in [-0.3, -0.25) is 9.59 Å². The fourth-order valence-corrected chi connectivity index (χ4v) is 2.05. The average Bonchev–Trinajstić information content (AvgIpc) is 2.60. The number of nitriles is 1. The van der Waals surface area contributed by atoms with E-state index in [9.17, 15) is 9.59 Å². The molecule has 0 aromatic heterocycles. The summed E-state index contributed by atoms with van der Waals surface area (Å²) >= 11 is 0. The predicted molar refractivity (Wildman–Crippen MR) is 67.5 cm³/mol. The van der Waals surface area contributed by atoms with Crippen LogP contribution < -0.4 is 10.2 Å². The smallest absolute Gasteiger partial charge is 0.310 e. The lowest BCUT2D eigenvalue weighted by Crippen LogP contribution is -2.34. The Morgan fingerprint density at radius 1 is 1.47 bits per heavy atom. The fraction of sp³-hybridized carbons (Fsp3) is 0.308. The van der Waals surface area contributed by atoms with E-state index < -0.39 is 11.9 Å². The molecule has 1 aromatic rings. The van der Waals surface area contributed by atoms with Gasteiger partial charge in [-0.15, -0.1) is 0 Å². The molecule has 2 rings (SSSR count). The largest absolute Gasteiger partial charge is 0.481 e. The summed E-state index contributed by atoms with van der Waals surface area (Å²) in [6, 6.07) is 8.91. The van der Waals surface area contributed by atoms with E-state index in [0.717, 1.165) is 0 Å². The Bertz CT molecular complexity index is 550. The molecule has 19 heavy (non-hydrogen) atoms. The minimum absolute atomic E-state index is 0.0580. The van der Waals surface area contributed by atoms with Crippen LogP contribution in [0.3, 0.4) is 0 Å². The SMILES string of the molecule is N#Cc1ccccc1N1CC(=O)NCC(C(=O)O)C1. The first-order valence-corrected chi connectivity index (χ1v) is 5.85. The Labute approximate surface area is 110 Å². The summed E-state index contributed by atoms with van der Waals surface area (Å²) < 4.78 is 0. The summed E-state index contributed by atoms with van der Waals surface area (Å²) in [5.74, 6) is -1.88. The third kappa shape index (κ3) is 2.83. The van der Waals surface area contributed by atoms with Crippen molar-refractivity contribution in [1.82, 2.24) is 5.32 Å². The first-order chi connectivity index (χ1) is 9.11. The summed E-state index contributed by atoms with van der Waals surface area (Å²) in [5, 5.41) is 20.7. The highest BCUT2D eigenvalue weighted by Gasteiger charge is 2.27. The van der Waals surface area contributed by atoms with Crippen LogP contribution >= 0.6 is 0 Å². The standard InChI is InChI=1S/C13H13N3O3/c14-5-9-3-1-2-4-11(9)16-7-10(13(18)19)6-15-12(17)8-16/h1-4,10H,6-8H2,(H,15,17)(H,18,19). The molecule has 1 aromatic carbocycles. The molecule has 0 saturated carbocycles. The highest BCUT2D eigenvalue weighted by atomic mass is 16.4. The zero-order chi connectivity index (χ0) is 13.8. The van der Waals surface area contributed by atoms with Crippen LogP contribution in [-0.2, 0) is 9.59 Å². The minimum Gasteiger partial charge on any atom is -0.481 e. The number of benzene rings is 1.